The van der Waals surface area contributed by atoms with Crippen molar-refractivity contribution in [2.45, 2.75) is 23.4 Å². The van der Waals surface area contributed by atoms with E-state index >= 15 is 0 Å². The van der Waals surface area contributed by atoms with Crippen LogP contribution in [0.25, 0.3) is 0 Å². The van der Waals surface area contributed by atoms with Crippen LogP contribution in [0, 0.1) is 11.3 Å². The van der Waals surface area contributed by atoms with Crippen molar-refractivity contribution >= 4 is 10.0 Å². The highest BCUT2D eigenvalue weighted by Crippen LogP contribution is 2.40. The summed E-state index contributed by atoms with van der Waals surface area (Å²) >= 11 is 0. The van der Waals surface area contributed by atoms with Crippen LogP contribution >= 0.6 is 0 Å². The van der Waals surface area contributed by atoms with E-state index in [0.29, 0.717) is 0 Å². The molecule has 1 aromatic heterocycles. The number of nitrogens with two attached hydrogens (primary N) is 1. The van der Waals surface area contributed by atoms with E-state index in [1.165, 1.54) is 0 Å². The molecule has 0 radical (unpaired) electrons. The summed E-state index contributed by atoms with van der Waals surface area (Å²) in [7, 11) is -4.69. The first-order valence-corrected chi connectivity index (χ1v) is 6.80. The Labute approximate surface area is 112 Å². The maximum absolute atomic E-state index is 11.6. The van der Waals surface area contributed by atoms with Crippen LogP contribution in [0.5, 0.6) is 0 Å². The molecule has 0 spiro atoms. The van der Waals surface area contributed by atoms with Gasteiger partial charge < -0.3 is 20.1 Å². The second-order valence-electron chi connectivity index (χ2n) is 4.11. The molecule has 5 N–H and O–H groups in total. The van der Waals surface area contributed by atoms with Crippen molar-refractivity contribution in [2.24, 2.45) is 5.14 Å². The first kappa shape index (κ1) is 14.8. The van der Waals surface area contributed by atoms with E-state index < -0.39 is 40.0 Å². The molecule has 1 aromatic rings. The van der Waals surface area contributed by atoms with Crippen LogP contribution in [-0.2, 0) is 14.8 Å². The average molecular weight is 305 g/mol. The van der Waals surface area contributed by atoms with E-state index in [4.69, 9.17) is 20.2 Å². The quantitative estimate of drug-likeness (QED) is 0.437. The van der Waals surface area contributed by atoms with Crippen molar-refractivity contribution < 1.29 is 28.5 Å². The summed E-state index contributed by atoms with van der Waals surface area (Å²) in [5, 5.41) is 46.2. The summed E-state index contributed by atoms with van der Waals surface area (Å²) in [6.07, 6.45) is -4.20. The van der Waals surface area contributed by atoms with Gasteiger partial charge in [0.15, 0.2) is 6.23 Å². The average Bonchev–Trinajstić information content (AvgIpc) is 2.94. The molecule has 0 amide bonds. The fraction of sp³-hybridized carbons (Fsp3) is 0.625. The summed E-state index contributed by atoms with van der Waals surface area (Å²) < 4.78 is 28.9. The molecule has 20 heavy (non-hydrogen) atoms. The molecule has 1 aliphatic rings. The standard InChI is InChI=1S/C8H11N5O6S/c9-1-5-11-3-13(12-5)7-8(16,20(10,17)18)6(15)4(2-14)19-7/h3-4,6-7,14-16H,2H2,(H2,10,17,18)/t4-,6-,7-,8+/m1/s1. The second kappa shape index (κ2) is 4.74. The summed E-state index contributed by atoms with van der Waals surface area (Å²) in [5.41, 5.74) is 0. The molecule has 1 fully saturated rings. The van der Waals surface area contributed by atoms with E-state index in [-0.39, 0.29) is 5.82 Å². The fourth-order valence-corrected chi connectivity index (χ4v) is 2.83. The van der Waals surface area contributed by atoms with Gasteiger partial charge in [0.2, 0.25) is 10.0 Å². The lowest BCUT2D eigenvalue weighted by atomic mass is 10.1. The summed E-state index contributed by atoms with van der Waals surface area (Å²) in [6.45, 7) is -0.755. The van der Waals surface area contributed by atoms with Gasteiger partial charge in [-0.1, -0.05) is 0 Å². The number of nitriles is 1. The Bertz CT molecular complexity index is 653. The van der Waals surface area contributed by atoms with Crippen molar-refractivity contribution in [1.82, 2.24) is 14.8 Å². The molecule has 110 valence electrons. The molecular weight excluding hydrogens is 294 g/mol. The molecule has 11 nitrogen and oxygen atoms in total. The predicted octanol–water partition coefficient (Wildman–Crippen LogP) is -3.62. The zero-order valence-corrected chi connectivity index (χ0v) is 10.7. The molecule has 1 aliphatic heterocycles. The number of primary sulfonamides is 1. The van der Waals surface area contributed by atoms with E-state index in [9.17, 15) is 18.6 Å². The highest BCUT2D eigenvalue weighted by Gasteiger charge is 2.63. The molecule has 0 bridgehead atoms. The molecule has 2 rings (SSSR count). The predicted molar refractivity (Wildman–Crippen MR) is 59.8 cm³/mol. The second-order valence-corrected chi connectivity index (χ2v) is 5.86. The Hall–Kier alpha value is -1.62. The number of aromatic nitrogens is 3. The van der Waals surface area contributed by atoms with Crippen molar-refractivity contribution in [3.63, 3.8) is 0 Å². The van der Waals surface area contributed by atoms with Gasteiger partial charge in [0.1, 0.15) is 24.6 Å². The maximum atomic E-state index is 11.6. The van der Waals surface area contributed by atoms with E-state index in [2.05, 4.69) is 10.1 Å². The lowest BCUT2D eigenvalue weighted by Gasteiger charge is -2.27. The number of hydrogen-bond acceptors (Lipinski definition) is 9. The molecule has 0 unspecified atom stereocenters. The first-order valence-electron chi connectivity index (χ1n) is 5.26. The highest BCUT2D eigenvalue weighted by atomic mass is 32.2. The van der Waals surface area contributed by atoms with E-state index in [1.807, 2.05) is 0 Å². The van der Waals surface area contributed by atoms with Crippen LogP contribution in [0.3, 0.4) is 0 Å². The normalized spacial score (nSPS) is 34.0. The van der Waals surface area contributed by atoms with Gasteiger partial charge in [0, 0.05) is 0 Å². The largest absolute Gasteiger partial charge is 0.394 e. The van der Waals surface area contributed by atoms with Gasteiger partial charge in [-0.25, -0.2) is 23.2 Å². The van der Waals surface area contributed by atoms with Gasteiger partial charge in [-0.15, -0.1) is 5.10 Å². The van der Waals surface area contributed by atoms with Gasteiger partial charge >= 0.3 is 0 Å². The zero-order chi connectivity index (χ0) is 15.1. The lowest BCUT2D eigenvalue weighted by Crippen LogP contribution is -2.56. The number of aliphatic hydroxyl groups is 3. The first-order chi connectivity index (χ1) is 9.25. The van der Waals surface area contributed by atoms with Crippen LogP contribution < -0.4 is 5.14 Å². The van der Waals surface area contributed by atoms with Crippen LogP contribution in [0.1, 0.15) is 12.1 Å². The summed E-state index contributed by atoms with van der Waals surface area (Å²) in [5.74, 6) is -0.299. The number of rotatable bonds is 3. The third kappa shape index (κ3) is 1.97. The summed E-state index contributed by atoms with van der Waals surface area (Å²) in [4.78, 5) is 0.593. The Kier molecular flexibility index (Phi) is 3.50. The van der Waals surface area contributed by atoms with Gasteiger partial charge in [0.05, 0.1) is 6.61 Å². The third-order valence-corrected chi connectivity index (χ3v) is 4.27. The Morgan fingerprint density at radius 3 is 2.75 bits per heavy atom. The van der Waals surface area contributed by atoms with Crippen molar-refractivity contribution in [2.75, 3.05) is 6.61 Å². The molecule has 2 heterocycles. The van der Waals surface area contributed by atoms with Gasteiger partial charge in [-0.05, 0) is 0 Å². The number of hydrogen-bond donors (Lipinski definition) is 4. The minimum absolute atomic E-state index is 0.299. The molecule has 0 aromatic carbocycles. The number of aliphatic hydroxyl groups excluding tert-OH is 2. The maximum Gasteiger partial charge on any atom is 0.255 e. The van der Waals surface area contributed by atoms with Crippen LogP contribution in [0.2, 0.25) is 0 Å². The highest BCUT2D eigenvalue weighted by molar-refractivity contribution is 7.90. The Balaban J connectivity index is 2.53. The van der Waals surface area contributed by atoms with Crippen LogP contribution in [-0.4, -0.2) is 62.2 Å². The zero-order valence-electron chi connectivity index (χ0n) is 9.86. The van der Waals surface area contributed by atoms with Crippen LogP contribution in [0.4, 0.5) is 0 Å². The van der Waals surface area contributed by atoms with Crippen molar-refractivity contribution in [3.8, 4) is 6.07 Å². The van der Waals surface area contributed by atoms with E-state index in [1.54, 1.807) is 6.07 Å². The minimum atomic E-state index is -4.69. The smallest absolute Gasteiger partial charge is 0.255 e. The van der Waals surface area contributed by atoms with E-state index in [0.717, 1.165) is 11.0 Å². The SMILES string of the molecule is N#Cc1ncn([C@@H]2O[C@H](CO)[C@@H](O)[C@]2(O)S(N)(=O)=O)n1. The lowest BCUT2D eigenvalue weighted by molar-refractivity contribution is -0.0702. The molecule has 0 aliphatic carbocycles. The minimum Gasteiger partial charge on any atom is -0.394 e. The number of ether oxygens (including phenoxy) is 1. The Morgan fingerprint density at radius 1 is 1.65 bits per heavy atom. The van der Waals surface area contributed by atoms with Gasteiger partial charge in [0.25, 0.3) is 10.8 Å². The monoisotopic (exact) mass is 305 g/mol. The fourth-order valence-electron chi connectivity index (χ4n) is 1.89. The topological polar surface area (TPSA) is 185 Å². The van der Waals surface area contributed by atoms with Gasteiger partial charge in [-0.3, -0.25) is 0 Å². The molecule has 1 saturated heterocycles. The third-order valence-electron chi connectivity index (χ3n) is 2.92. The molecule has 12 heteroatoms. The Morgan fingerprint density at radius 2 is 2.30 bits per heavy atom. The molecule has 0 saturated carbocycles. The van der Waals surface area contributed by atoms with Gasteiger partial charge in [-0.2, -0.15) is 5.26 Å². The van der Waals surface area contributed by atoms with Crippen molar-refractivity contribution in [3.05, 3.63) is 12.2 Å². The summed E-state index contributed by atoms with van der Waals surface area (Å²) in [6, 6.07) is 1.60. The van der Waals surface area contributed by atoms with Crippen molar-refractivity contribution in [1.29, 1.82) is 5.26 Å². The van der Waals surface area contributed by atoms with Crippen LogP contribution in [0.15, 0.2) is 6.33 Å². The number of nitrogens with zero attached hydrogens (tertiary/aromatic N) is 4. The molecule has 4 atom stereocenters. The molecular formula is C8H11N5O6S. The number of sulfonamides is 1.